The van der Waals surface area contributed by atoms with Crippen LogP contribution in [0, 0.1) is 0 Å². The van der Waals surface area contributed by atoms with Gasteiger partial charge in [-0.2, -0.15) is 0 Å². The van der Waals surface area contributed by atoms with E-state index >= 15 is 0 Å². The van der Waals surface area contributed by atoms with Gasteiger partial charge in [0.1, 0.15) is 13.2 Å². The van der Waals surface area contributed by atoms with E-state index < -0.39 is 6.10 Å². The standard InChI is InChI=1S/C61H96O6/c1-4-7-10-13-16-19-22-24-26-28-30-32-34-36-39-42-45-48-51-54-60(63)66-57-58(56-65-59(62)53-50-47-44-41-38-21-18-15-12-9-6-3)67-61(64)55-52-49-46-43-40-37-35-33-31-29-27-25-23-20-17-14-11-8-5-2/h7-12,16-21,24-27,30,32,36,39,41,44,58H,4-6,13-15,22-23,28-29,31,33-35,37-38,40,42-43,45-57H2,1-3H3/b10-7-,11-8-,12-9-,19-16-,20-17-,21-18-,26-24-,27-25-,32-30-,39-36-,44-41-. The van der Waals surface area contributed by atoms with Crippen LogP contribution in [0.25, 0.3) is 0 Å². The molecule has 0 aromatic heterocycles. The van der Waals surface area contributed by atoms with Crippen LogP contribution in [0.15, 0.2) is 134 Å². The van der Waals surface area contributed by atoms with Crippen molar-refractivity contribution in [3.8, 4) is 0 Å². The maximum absolute atomic E-state index is 12.8. The Morgan fingerprint density at radius 3 is 0.910 bits per heavy atom. The van der Waals surface area contributed by atoms with Crippen molar-refractivity contribution in [1.82, 2.24) is 0 Å². The largest absolute Gasteiger partial charge is 0.462 e. The van der Waals surface area contributed by atoms with E-state index in [0.717, 1.165) is 128 Å². The van der Waals surface area contributed by atoms with Gasteiger partial charge in [-0.3, -0.25) is 14.4 Å². The molecule has 6 nitrogen and oxygen atoms in total. The third kappa shape index (κ3) is 52.4. The van der Waals surface area contributed by atoms with Gasteiger partial charge in [-0.05, 0) is 122 Å². The predicted molar refractivity (Wildman–Crippen MR) is 288 cm³/mol. The Labute approximate surface area is 411 Å². The number of rotatable bonds is 46. The maximum Gasteiger partial charge on any atom is 0.306 e. The van der Waals surface area contributed by atoms with Crippen molar-refractivity contribution in [2.75, 3.05) is 13.2 Å². The summed E-state index contributed by atoms with van der Waals surface area (Å²) < 4.78 is 16.7. The molecule has 0 saturated heterocycles. The Morgan fingerprint density at radius 1 is 0.299 bits per heavy atom. The second-order valence-electron chi connectivity index (χ2n) is 17.0. The highest BCUT2D eigenvalue weighted by Gasteiger charge is 2.19. The molecule has 0 aromatic rings. The Hall–Kier alpha value is -4.45. The van der Waals surface area contributed by atoms with Gasteiger partial charge in [-0.1, -0.05) is 206 Å². The molecule has 0 bridgehead atoms. The monoisotopic (exact) mass is 925 g/mol. The molecule has 0 radical (unpaired) electrons. The first-order valence-corrected chi connectivity index (χ1v) is 26.7. The Kier molecular flexibility index (Phi) is 50.6. The SMILES string of the molecule is CC/C=C\C/C=C\C/C=C\C/C=C\C/C=C\CCCCCC(=O)OCC(COC(=O)CCC/C=C\C/C=C\C/C=C\CC)OC(=O)CCCCCCCCCCC/C=C\C/C=C\C/C=C\CC. The zero-order valence-electron chi connectivity index (χ0n) is 42.9. The summed E-state index contributed by atoms with van der Waals surface area (Å²) in [4.78, 5) is 38.0. The van der Waals surface area contributed by atoms with Gasteiger partial charge in [-0.25, -0.2) is 0 Å². The van der Waals surface area contributed by atoms with Crippen LogP contribution in [0.2, 0.25) is 0 Å². The lowest BCUT2D eigenvalue weighted by atomic mass is 10.1. The highest BCUT2D eigenvalue weighted by atomic mass is 16.6. The van der Waals surface area contributed by atoms with Crippen molar-refractivity contribution in [2.45, 2.75) is 219 Å². The van der Waals surface area contributed by atoms with Crippen molar-refractivity contribution in [3.63, 3.8) is 0 Å². The fourth-order valence-electron chi connectivity index (χ4n) is 6.74. The van der Waals surface area contributed by atoms with Crippen LogP contribution in [0.5, 0.6) is 0 Å². The molecule has 6 heteroatoms. The molecule has 0 aliphatic heterocycles. The molecular formula is C61H96O6. The zero-order valence-corrected chi connectivity index (χ0v) is 42.9. The van der Waals surface area contributed by atoms with E-state index in [1.54, 1.807) is 0 Å². The minimum Gasteiger partial charge on any atom is -0.462 e. The normalized spacial score (nSPS) is 13.2. The molecule has 67 heavy (non-hydrogen) atoms. The quantitative estimate of drug-likeness (QED) is 0.0262. The molecule has 0 spiro atoms. The van der Waals surface area contributed by atoms with E-state index in [4.69, 9.17) is 14.2 Å². The second-order valence-corrected chi connectivity index (χ2v) is 17.0. The second kappa shape index (κ2) is 54.2. The van der Waals surface area contributed by atoms with Gasteiger partial charge < -0.3 is 14.2 Å². The average molecular weight is 925 g/mol. The van der Waals surface area contributed by atoms with Crippen LogP contribution < -0.4 is 0 Å². The number of esters is 3. The summed E-state index contributed by atoms with van der Waals surface area (Å²) in [6.07, 6.45) is 75.9. The van der Waals surface area contributed by atoms with Crippen molar-refractivity contribution in [1.29, 1.82) is 0 Å². The number of carbonyl (C=O) groups is 3. The van der Waals surface area contributed by atoms with Gasteiger partial charge >= 0.3 is 17.9 Å². The Morgan fingerprint density at radius 2 is 0.552 bits per heavy atom. The molecular weight excluding hydrogens is 829 g/mol. The van der Waals surface area contributed by atoms with Gasteiger partial charge in [0.05, 0.1) is 0 Å². The number of hydrogen-bond donors (Lipinski definition) is 0. The number of allylic oxidation sites excluding steroid dienone is 22. The molecule has 0 heterocycles. The predicted octanol–water partition coefficient (Wildman–Crippen LogP) is 17.9. The minimum absolute atomic E-state index is 0.118. The summed E-state index contributed by atoms with van der Waals surface area (Å²) in [6.45, 7) is 6.20. The summed E-state index contributed by atoms with van der Waals surface area (Å²) >= 11 is 0. The van der Waals surface area contributed by atoms with Gasteiger partial charge in [0.2, 0.25) is 0 Å². The van der Waals surface area contributed by atoms with E-state index in [1.807, 2.05) is 0 Å². The van der Waals surface area contributed by atoms with Crippen LogP contribution in [0.3, 0.4) is 0 Å². The molecule has 376 valence electrons. The average Bonchev–Trinajstić information content (AvgIpc) is 3.33. The third-order valence-corrected chi connectivity index (χ3v) is 10.6. The van der Waals surface area contributed by atoms with Gasteiger partial charge in [0.15, 0.2) is 6.10 Å². The van der Waals surface area contributed by atoms with E-state index in [-0.39, 0.29) is 37.5 Å². The van der Waals surface area contributed by atoms with Gasteiger partial charge in [0, 0.05) is 19.3 Å². The summed E-state index contributed by atoms with van der Waals surface area (Å²) in [7, 11) is 0. The Balaban J connectivity index is 4.48. The molecule has 0 N–H and O–H groups in total. The lowest BCUT2D eigenvalue weighted by Gasteiger charge is -2.18. The summed E-state index contributed by atoms with van der Waals surface area (Å²) in [5, 5.41) is 0. The first-order chi connectivity index (χ1) is 33.0. The molecule has 0 aliphatic carbocycles. The topological polar surface area (TPSA) is 78.9 Å². The first-order valence-electron chi connectivity index (χ1n) is 26.7. The number of unbranched alkanes of at least 4 members (excludes halogenated alkanes) is 13. The highest BCUT2D eigenvalue weighted by molar-refractivity contribution is 5.71. The third-order valence-electron chi connectivity index (χ3n) is 10.6. The first kappa shape index (κ1) is 62.5. The smallest absolute Gasteiger partial charge is 0.306 e. The highest BCUT2D eigenvalue weighted by Crippen LogP contribution is 2.13. The summed E-state index contributed by atoms with van der Waals surface area (Å²) in [6, 6.07) is 0. The van der Waals surface area contributed by atoms with Crippen molar-refractivity contribution >= 4 is 17.9 Å². The number of hydrogen-bond acceptors (Lipinski definition) is 6. The maximum atomic E-state index is 12.8. The van der Waals surface area contributed by atoms with Crippen LogP contribution >= 0.6 is 0 Å². The molecule has 0 rings (SSSR count). The van der Waals surface area contributed by atoms with Crippen molar-refractivity contribution in [2.24, 2.45) is 0 Å². The Bertz CT molecular complexity index is 1480. The van der Waals surface area contributed by atoms with Crippen LogP contribution in [0.4, 0.5) is 0 Å². The lowest BCUT2D eigenvalue weighted by Crippen LogP contribution is -2.30. The van der Waals surface area contributed by atoms with E-state index in [2.05, 4.69) is 154 Å². The van der Waals surface area contributed by atoms with E-state index in [1.165, 1.54) is 38.5 Å². The fraction of sp³-hybridized carbons (Fsp3) is 0.590. The molecule has 0 amide bonds. The van der Waals surface area contributed by atoms with Crippen LogP contribution in [-0.2, 0) is 28.6 Å². The lowest BCUT2D eigenvalue weighted by molar-refractivity contribution is -0.167. The van der Waals surface area contributed by atoms with E-state index in [9.17, 15) is 14.4 Å². The summed E-state index contributed by atoms with van der Waals surface area (Å²) in [5.41, 5.74) is 0. The molecule has 0 saturated carbocycles. The van der Waals surface area contributed by atoms with Crippen molar-refractivity contribution in [3.05, 3.63) is 134 Å². The van der Waals surface area contributed by atoms with Crippen LogP contribution in [0.1, 0.15) is 213 Å². The number of carbonyl (C=O) groups excluding carboxylic acids is 3. The van der Waals surface area contributed by atoms with Crippen molar-refractivity contribution < 1.29 is 28.6 Å². The molecule has 0 fully saturated rings. The molecule has 1 atom stereocenters. The minimum atomic E-state index is -0.820. The number of ether oxygens (including phenoxy) is 3. The molecule has 0 aromatic carbocycles. The molecule has 0 aliphatic rings. The van der Waals surface area contributed by atoms with E-state index in [0.29, 0.717) is 19.3 Å². The van der Waals surface area contributed by atoms with Gasteiger partial charge in [0.25, 0.3) is 0 Å². The molecule has 1 unspecified atom stereocenters. The van der Waals surface area contributed by atoms with Gasteiger partial charge in [-0.15, -0.1) is 0 Å². The fourth-order valence-corrected chi connectivity index (χ4v) is 6.74. The van der Waals surface area contributed by atoms with Crippen LogP contribution in [-0.4, -0.2) is 37.2 Å². The zero-order chi connectivity index (χ0) is 48.6. The summed E-state index contributed by atoms with van der Waals surface area (Å²) in [5.74, 6) is -1.02.